The van der Waals surface area contributed by atoms with Gasteiger partial charge in [-0.25, -0.2) is 4.79 Å². The first-order valence-corrected chi connectivity index (χ1v) is 6.07. The Kier molecular flexibility index (Phi) is 2.78. The van der Waals surface area contributed by atoms with Crippen LogP contribution in [0.5, 0.6) is 0 Å². The molecule has 3 nitrogen and oxygen atoms in total. The van der Waals surface area contributed by atoms with Crippen LogP contribution in [0.1, 0.15) is 22.5 Å². The van der Waals surface area contributed by atoms with Gasteiger partial charge in [-0.15, -0.1) is 11.3 Å². The molecule has 76 valence electrons. The van der Waals surface area contributed by atoms with E-state index in [0.717, 1.165) is 22.6 Å². The zero-order valence-electron chi connectivity index (χ0n) is 7.49. The summed E-state index contributed by atoms with van der Waals surface area (Å²) in [6, 6.07) is 1.68. The van der Waals surface area contributed by atoms with Crippen LogP contribution in [0.15, 0.2) is 10.5 Å². The molecular weight excluding hydrogens is 266 g/mol. The second kappa shape index (κ2) is 3.90. The normalized spacial score (nSPS) is 16.2. The number of rotatable bonds is 2. The van der Waals surface area contributed by atoms with Gasteiger partial charge in [0, 0.05) is 13.1 Å². The number of aromatic carboxylic acids is 1. The van der Waals surface area contributed by atoms with Crippen molar-refractivity contribution in [3.05, 3.63) is 15.4 Å². The Balaban J connectivity index is 2.28. The first-order valence-electron chi connectivity index (χ1n) is 4.46. The number of anilines is 1. The van der Waals surface area contributed by atoms with E-state index in [-0.39, 0.29) is 0 Å². The van der Waals surface area contributed by atoms with Gasteiger partial charge >= 0.3 is 5.97 Å². The lowest BCUT2D eigenvalue weighted by Crippen LogP contribution is -2.16. The Morgan fingerprint density at radius 1 is 1.50 bits per heavy atom. The fraction of sp³-hybridized carbons (Fsp3) is 0.444. The molecule has 1 N–H and O–H groups in total. The number of carbonyl (C=O) groups is 1. The Morgan fingerprint density at radius 2 is 2.14 bits per heavy atom. The van der Waals surface area contributed by atoms with E-state index in [9.17, 15) is 4.79 Å². The van der Waals surface area contributed by atoms with Crippen molar-refractivity contribution in [1.82, 2.24) is 0 Å². The molecule has 1 saturated heterocycles. The van der Waals surface area contributed by atoms with Gasteiger partial charge < -0.3 is 10.0 Å². The van der Waals surface area contributed by atoms with Crippen LogP contribution >= 0.6 is 27.3 Å². The second-order valence-electron chi connectivity index (χ2n) is 3.26. The molecule has 0 atom stereocenters. The molecule has 0 bridgehead atoms. The maximum atomic E-state index is 10.8. The van der Waals surface area contributed by atoms with E-state index >= 15 is 0 Å². The maximum absolute atomic E-state index is 10.8. The van der Waals surface area contributed by atoms with Crippen LogP contribution in [0.2, 0.25) is 0 Å². The third kappa shape index (κ3) is 1.79. The minimum absolute atomic E-state index is 0.402. The molecule has 2 rings (SSSR count). The number of halogens is 1. The molecule has 0 spiro atoms. The summed E-state index contributed by atoms with van der Waals surface area (Å²) in [5.41, 5.74) is 0. The highest BCUT2D eigenvalue weighted by atomic mass is 79.9. The van der Waals surface area contributed by atoms with Gasteiger partial charge in [-0.2, -0.15) is 0 Å². The molecular formula is C9H10BrNO2S. The second-order valence-corrected chi connectivity index (χ2v) is 5.15. The largest absolute Gasteiger partial charge is 0.477 e. The Hall–Kier alpha value is -0.550. The van der Waals surface area contributed by atoms with Gasteiger partial charge in [0.2, 0.25) is 0 Å². The van der Waals surface area contributed by atoms with Crippen molar-refractivity contribution in [2.75, 3.05) is 18.0 Å². The van der Waals surface area contributed by atoms with Gasteiger partial charge in [-0.1, -0.05) is 0 Å². The van der Waals surface area contributed by atoms with Gasteiger partial charge in [-0.05, 0) is 34.8 Å². The fourth-order valence-electron chi connectivity index (χ4n) is 1.60. The summed E-state index contributed by atoms with van der Waals surface area (Å²) in [5.74, 6) is -0.846. The monoisotopic (exact) mass is 275 g/mol. The van der Waals surface area contributed by atoms with Gasteiger partial charge in [0.05, 0.1) is 4.47 Å². The average molecular weight is 276 g/mol. The number of thiophene rings is 1. The molecule has 5 heteroatoms. The van der Waals surface area contributed by atoms with Gasteiger partial charge in [0.25, 0.3) is 0 Å². The number of carboxylic acid groups (broad SMARTS) is 1. The lowest BCUT2D eigenvalue weighted by Gasteiger charge is -2.15. The van der Waals surface area contributed by atoms with Crippen LogP contribution in [-0.4, -0.2) is 24.2 Å². The van der Waals surface area contributed by atoms with Crippen LogP contribution in [0.4, 0.5) is 5.00 Å². The first kappa shape index (κ1) is 9.98. The molecule has 0 aliphatic carbocycles. The lowest BCUT2D eigenvalue weighted by atomic mass is 10.4. The van der Waals surface area contributed by atoms with E-state index in [2.05, 4.69) is 20.8 Å². The third-order valence-electron chi connectivity index (χ3n) is 2.27. The predicted octanol–water partition coefficient (Wildman–Crippen LogP) is 2.81. The van der Waals surface area contributed by atoms with E-state index in [0.29, 0.717) is 4.88 Å². The first-order chi connectivity index (χ1) is 6.68. The van der Waals surface area contributed by atoms with Crippen molar-refractivity contribution in [3.8, 4) is 0 Å². The highest BCUT2D eigenvalue weighted by Gasteiger charge is 2.19. The van der Waals surface area contributed by atoms with Gasteiger partial charge in [0.15, 0.2) is 0 Å². The molecule has 1 aromatic heterocycles. The highest BCUT2D eigenvalue weighted by Crippen LogP contribution is 2.37. The summed E-state index contributed by atoms with van der Waals surface area (Å²) in [4.78, 5) is 13.4. The van der Waals surface area contributed by atoms with Crippen molar-refractivity contribution >= 4 is 38.2 Å². The van der Waals surface area contributed by atoms with Crippen LogP contribution in [0, 0.1) is 0 Å². The van der Waals surface area contributed by atoms with Crippen LogP contribution in [-0.2, 0) is 0 Å². The topological polar surface area (TPSA) is 40.5 Å². The molecule has 1 fully saturated rings. The maximum Gasteiger partial charge on any atom is 0.345 e. The molecule has 1 aromatic rings. The number of carboxylic acids is 1. The Labute approximate surface area is 94.5 Å². The Morgan fingerprint density at radius 3 is 2.64 bits per heavy atom. The molecule has 0 aromatic carbocycles. The smallest absolute Gasteiger partial charge is 0.345 e. The summed E-state index contributed by atoms with van der Waals surface area (Å²) in [6.45, 7) is 2.08. The number of hydrogen-bond donors (Lipinski definition) is 1. The fourth-order valence-corrected chi connectivity index (χ4v) is 3.41. The predicted molar refractivity (Wildman–Crippen MR) is 60.4 cm³/mol. The molecule has 1 aliphatic heterocycles. The SMILES string of the molecule is O=C(O)c1cc(Br)c(N2CCCC2)s1. The van der Waals surface area contributed by atoms with Crippen LogP contribution in [0.3, 0.4) is 0 Å². The van der Waals surface area contributed by atoms with E-state index in [1.807, 2.05) is 0 Å². The third-order valence-corrected chi connectivity index (χ3v) is 4.32. The van der Waals surface area contributed by atoms with Gasteiger partial charge in [-0.3, -0.25) is 0 Å². The van der Waals surface area contributed by atoms with Crippen LogP contribution in [0.25, 0.3) is 0 Å². The van der Waals surface area contributed by atoms with Gasteiger partial charge in [0.1, 0.15) is 9.88 Å². The van der Waals surface area contributed by atoms with Crippen molar-refractivity contribution in [2.45, 2.75) is 12.8 Å². The molecule has 0 unspecified atom stereocenters. The zero-order valence-corrected chi connectivity index (χ0v) is 9.90. The minimum atomic E-state index is -0.846. The standard InChI is InChI=1S/C9H10BrNO2S/c10-6-5-7(9(12)13)14-8(6)11-3-1-2-4-11/h5H,1-4H2,(H,12,13). The number of nitrogens with zero attached hydrogens (tertiary/aromatic N) is 1. The molecule has 0 saturated carbocycles. The molecule has 0 radical (unpaired) electrons. The van der Waals surface area contributed by atoms with E-state index in [1.54, 1.807) is 6.07 Å². The van der Waals surface area contributed by atoms with Crippen molar-refractivity contribution in [1.29, 1.82) is 0 Å². The summed E-state index contributed by atoms with van der Waals surface area (Å²) in [5, 5.41) is 9.89. The summed E-state index contributed by atoms with van der Waals surface area (Å²) in [6.07, 6.45) is 2.40. The minimum Gasteiger partial charge on any atom is -0.477 e. The zero-order chi connectivity index (χ0) is 10.1. The number of hydrogen-bond acceptors (Lipinski definition) is 3. The summed E-state index contributed by atoms with van der Waals surface area (Å²) < 4.78 is 0.904. The molecule has 14 heavy (non-hydrogen) atoms. The van der Waals surface area contributed by atoms with Crippen molar-refractivity contribution in [2.24, 2.45) is 0 Å². The Bertz CT molecular complexity index is 358. The van der Waals surface area contributed by atoms with Crippen molar-refractivity contribution < 1.29 is 9.90 Å². The van der Waals surface area contributed by atoms with Crippen molar-refractivity contribution in [3.63, 3.8) is 0 Å². The lowest BCUT2D eigenvalue weighted by molar-refractivity contribution is 0.0702. The molecule has 1 aliphatic rings. The average Bonchev–Trinajstić information content (AvgIpc) is 2.71. The quantitative estimate of drug-likeness (QED) is 0.903. The summed E-state index contributed by atoms with van der Waals surface area (Å²) >= 11 is 4.75. The molecule has 2 heterocycles. The van der Waals surface area contributed by atoms with E-state index < -0.39 is 5.97 Å². The van der Waals surface area contributed by atoms with E-state index in [4.69, 9.17) is 5.11 Å². The highest BCUT2D eigenvalue weighted by molar-refractivity contribution is 9.10. The molecule has 0 amide bonds. The van der Waals surface area contributed by atoms with E-state index in [1.165, 1.54) is 24.2 Å². The summed E-state index contributed by atoms with van der Waals surface area (Å²) in [7, 11) is 0. The van der Waals surface area contributed by atoms with Crippen LogP contribution < -0.4 is 4.90 Å².